The van der Waals surface area contributed by atoms with Crippen LogP contribution >= 0.6 is 27.3 Å². The van der Waals surface area contributed by atoms with Crippen LogP contribution in [-0.2, 0) is 11.4 Å². The maximum Gasteiger partial charge on any atom is 0.268 e. The van der Waals surface area contributed by atoms with Gasteiger partial charge in [-0.3, -0.25) is 10.1 Å². The van der Waals surface area contributed by atoms with Gasteiger partial charge < -0.3 is 4.74 Å². The Bertz CT molecular complexity index is 996. The summed E-state index contributed by atoms with van der Waals surface area (Å²) >= 11 is 4.70. The summed E-state index contributed by atoms with van der Waals surface area (Å²) in [7, 11) is 0. The first-order valence-electron chi connectivity index (χ1n) is 7.94. The molecule has 1 N–H and O–H groups in total. The van der Waals surface area contributed by atoms with Crippen molar-refractivity contribution in [1.82, 2.24) is 4.98 Å². The fourth-order valence-electron chi connectivity index (χ4n) is 2.25. The van der Waals surface area contributed by atoms with Gasteiger partial charge in [0.1, 0.15) is 24.0 Å². The summed E-state index contributed by atoms with van der Waals surface area (Å²) in [6.45, 7) is 0.385. The summed E-state index contributed by atoms with van der Waals surface area (Å²) in [6, 6.07) is 17.1. The van der Waals surface area contributed by atoms with Crippen LogP contribution < -0.4 is 10.1 Å². The van der Waals surface area contributed by atoms with E-state index in [-0.39, 0.29) is 5.57 Å². The minimum absolute atomic E-state index is 0.0344. The van der Waals surface area contributed by atoms with Gasteiger partial charge in [0.25, 0.3) is 5.91 Å². The predicted molar refractivity (Wildman–Crippen MR) is 109 cm³/mol. The molecule has 0 aliphatic carbocycles. The summed E-state index contributed by atoms with van der Waals surface area (Å²) in [5.74, 6) is 0.0679. The number of carbonyl (C=O) groups excluding carboxylic acids is 1. The molecule has 0 radical (unpaired) electrons. The van der Waals surface area contributed by atoms with Gasteiger partial charge in [0, 0.05) is 21.6 Å². The van der Waals surface area contributed by atoms with Gasteiger partial charge in [-0.05, 0) is 29.8 Å². The highest BCUT2D eigenvalue weighted by Gasteiger charge is 2.13. The van der Waals surface area contributed by atoms with Gasteiger partial charge in [-0.2, -0.15) is 5.26 Å². The van der Waals surface area contributed by atoms with Crippen molar-refractivity contribution in [2.75, 3.05) is 5.32 Å². The Morgan fingerprint density at radius 1 is 1.30 bits per heavy atom. The van der Waals surface area contributed by atoms with E-state index in [0.717, 1.165) is 10.0 Å². The molecular formula is C20H14BrN3O2S. The lowest BCUT2D eigenvalue weighted by molar-refractivity contribution is -0.112. The molecule has 1 aromatic heterocycles. The van der Waals surface area contributed by atoms with Gasteiger partial charge in [0.2, 0.25) is 0 Å². The second kappa shape index (κ2) is 9.12. The van der Waals surface area contributed by atoms with Gasteiger partial charge in [-0.25, -0.2) is 4.98 Å². The average molecular weight is 440 g/mol. The fraction of sp³-hybridized carbons (Fsp3) is 0.0500. The molecule has 3 rings (SSSR count). The number of rotatable bonds is 6. The average Bonchev–Trinajstić information content (AvgIpc) is 3.19. The number of halogens is 1. The smallest absolute Gasteiger partial charge is 0.268 e. The van der Waals surface area contributed by atoms with Crippen LogP contribution in [0.25, 0.3) is 6.08 Å². The van der Waals surface area contributed by atoms with E-state index in [1.807, 2.05) is 42.5 Å². The third kappa shape index (κ3) is 5.26. The summed E-state index contributed by atoms with van der Waals surface area (Å²) in [5.41, 5.74) is 1.62. The number of aromatic nitrogens is 1. The molecule has 2 aromatic carbocycles. The van der Waals surface area contributed by atoms with Crippen LogP contribution in [0, 0.1) is 11.3 Å². The van der Waals surface area contributed by atoms with Crippen molar-refractivity contribution < 1.29 is 9.53 Å². The fourth-order valence-corrected chi connectivity index (χ4v) is 3.16. The highest BCUT2D eigenvalue weighted by molar-refractivity contribution is 9.10. The number of ether oxygens (including phenoxy) is 1. The Morgan fingerprint density at radius 3 is 2.81 bits per heavy atom. The molecule has 27 heavy (non-hydrogen) atoms. The number of amides is 1. The van der Waals surface area contributed by atoms with E-state index < -0.39 is 5.91 Å². The SMILES string of the molecule is N#C/C(=C\c1cc(Br)ccc1OCc1ccccc1)C(=O)Nc1nccs1. The lowest BCUT2D eigenvalue weighted by atomic mass is 10.1. The molecule has 0 fully saturated rings. The Hall–Kier alpha value is -2.95. The van der Waals surface area contributed by atoms with Gasteiger partial charge in [-0.1, -0.05) is 46.3 Å². The Balaban J connectivity index is 1.83. The first-order valence-corrected chi connectivity index (χ1v) is 9.62. The lowest BCUT2D eigenvalue weighted by Crippen LogP contribution is -2.13. The Kier molecular flexibility index (Phi) is 6.36. The first kappa shape index (κ1) is 18.8. The van der Waals surface area contributed by atoms with Crippen molar-refractivity contribution in [2.45, 2.75) is 6.61 Å². The van der Waals surface area contributed by atoms with E-state index in [1.165, 1.54) is 17.4 Å². The van der Waals surface area contributed by atoms with Crippen LogP contribution in [0.15, 0.2) is 70.2 Å². The van der Waals surface area contributed by atoms with Crippen LogP contribution in [0.5, 0.6) is 5.75 Å². The minimum Gasteiger partial charge on any atom is -0.488 e. The summed E-state index contributed by atoms with van der Waals surface area (Å²) in [6.07, 6.45) is 3.09. The van der Waals surface area contributed by atoms with Crippen molar-refractivity contribution in [3.05, 3.63) is 81.3 Å². The molecule has 5 nitrogen and oxygen atoms in total. The normalized spacial score (nSPS) is 10.9. The number of thiazole rings is 1. The Labute approximate surface area is 169 Å². The standard InChI is InChI=1S/C20H14BrN3O2S/c21-17-6-7-18(26-13-14-4-2-1-3-5-14)15(11-17)10-16(12-22)19(25)24-20-23-8-9-27-20/h1-11H,13H2,(H,23,24,25)/b16-10+. The number of nitrogens with zero attached hydrogens (tertiary/aromatic N) is 2. The molecule has 0 saturated carbocycles. The zero-order valence-electron chi connectivity index (χ0n) is 14.1. The first-order chi connectivity index (χ1) is 13.2. The Morgan fingerprint density at radius 2 is 2.11 bits per heavy atom. The van der Waals surface area contributed by atoms with Crippen molar-refractivity contribution in [2.24, 2.45) is 0 Å². The quantitative estimate of drug-likeness (QED) is 0.431. The molecule has 134 valence electrons. The van der Waals surface area contributed by atoms with Crippen LogP contribution in [0.4, 0.5) is 5.13 Å². The van der Waals surface area contributed by atoms with E-state index in [4.69, 9.17) is 4.74 Å². The molecule has 0 unspecified atom stereocenters. The molecule has 7 heteroatoms. The number of benzene rings is 2. The van der Waals surface area contributed by atoms with E-state index >= 15 is 0 Å². The summed E-state index contributed by atoms with van der Waals surface area (Å²) in [5, 5.41) is 14.2. The number of anilines is 1. The highest BCUT2D eigenvalue weighted by atomic mass is 79.9. The number of carbonyl (C=O) groups is 1. The van der Waals surface area contributed by atoms with Crippen LogP contribution in [-0.4, -0.2) is 10.9 Å². The van der Waals surface area contributed by atoms with Crippen LogP contribution in [0.2, 0.25) is 0 Å². The largest absolute Gasteiger partial charge is 0.488 e. The van der Waals surface area contributed by atoms with E-state index in [2.05, 4.69) is 26.2 Å². The molecule has 1 amide bonds. The zero-order chi connectivity index (χ0) is 19.1. The van der Waals surface area contributed by atoms with E-state index in [1.54, 1.807) is 23.7 Å². The third-order valence-electron chi connectivity index (χ3n) is 3.53. The predicted octanol–water partition coefficient (Wildman–Crippen LogP) is 5.03. The molecule has 0 spiro atoms. The van der Waals surface area contributed by atoms with E-state index in [9.17, 15) is 10.1 Å². The molecule has 0 atom stereocenters. The molecular weight excluding hydrogens is 426 g/mol. The van der Waals surface area contributed by atoms with Crippen molar-refractivity contribution in [3.63, 3.8) is 0 Å². The molecule has 0 saturated heterocycles. The maximum absolute atomic E-state index is 12.3. The molecule has 3 aromatic rings. The van der Waals surface area contributed by atoms with Crippen molar-refractivity contribution in [3.8, 4) is 11.8 Å². The minimum atomic E-state index is -0.513. The summed E-state index contributed by atoms with van der Waals surface area (Å²) in [4.78, 5) is 16.3. The highest BCUT2D eigenvalue weighted by Crippen LogP contribution is 2.27. The number of nitriles is 1. The molecule has 1 heterocycles. The van der Waals surface area contributed by atoms with Crippen molar-refractivity contribution in [1.29, 1.82) is 5.26 Å². The zero-order valence-corrected chi connectivity index (χ0v) is 16.5. The second-order valence-electron chi connectivity index (χ2n) is 5.42. The van der Waals surface area contributed by atoms with Crippen LogP contribution in [0.1, 0.15) is 11.1 Å². The van der Waals surface area contributed by atoms with Gasteiger partial charge in [0.05, 0.1) is 0 Å². The molecule has 0 aliphatic rings. The van der Waals surface area contributed by atoms with Gasteiger partial charge in [0.15, 0.2) is 5.13 Å². The topological polar surface area (TPSA) is 75.0 Å². The number of hydrogen-bond acceptors (Lipinski definition) is 5. The van der Waals surface area contributed by atoms with Crippen molar-refractivity contribution >= 4 is 44.4 Å². The monoisotopic (exact) mass is 439 g/mol. The van der Waals surface area contributed by atoms with Crippen LogP contribution in [0.3, 0.4) is 0 Å². The maximum atomic E-state index is 12.3. The van der Waals surface area contributed by atoms with E-state index in [0.29, 0.717) is 23.1 Å². The lowest BCUT2D eigenvalue weighted by Gasteiger charge is -2.10. The molecule has 0 aliphatic heterocycles. The third-order valence-corrected chi connectivity index (χ3v) is 4.71. The second-order valence-corrected chi connectivity index (χ2v) is 7.23. The van der Waals surface area contributed by atoms with Gasteiger partial charge >= 0.3 is 0 Å². The number of nitrogens with one attached hydrogen (secondary N) is 1. The summed E-state index contributed by atoms with van der Waals surface area (Å²) < 4.78 is 6.71. The van der Waals surface area contributed by atoms with Gasteiger partial charge in [-0.15, -0.1) is 11.3 Å². The molecule has 0 bridgehead atoms. The number of hydrogen-bond donors (Lipinski definition) is 1.